The fraction of sp³-hybridized carbons (Fsp3) is 0.312. The summed E-state index contributed by atoms with van der Waals surface area (Å²) in [6.45, 7) is 3.94. The van der Waals surface area contributed by atoms with Crippen molar-refractivity contribution in [2.75, 3.05) is 13.6 Å². The topological polar surface area (TPSA) is 81.4 Å². The average Bonchev–Trinajstić information content (AvgIpc) is 2.43. The van der Waals surface area contributed by atoms with E-state index in [1.54, 1.807) is 32.2 Å². The van der Waals surface area contributed by atoms with Crippen LogP contribution in [0, 0.1) is 24.2 Å². The number of aliphatic carboxylic acids is 1. The van der Waals surface area contributed by atoms with Crippen LogP contribution in [0.4, 0.5) is 0 Å². The van der Waals surface area contributed by atoms with Gasteiger partial charge in [-0.15, -0.1) is 0 Å². The Balaban J connectivity index is 2.99. The minimum absolute atomic E-state index is 0.189. The summed E-state index contributed by atoms with van der Waals surface area (Å²) in [5.41, 5.74) is 2.00. The molecule has 0 aromatic heterocycles. The van der Waals surface area contributed by atoms with Gasteiger partial charge in [-0.1, -0.05) is 6.07 Å². The lowest BCUT2D eigenvalue weighted by atomic mass is 10.0. The molecule has 1 aromatic carbocycles. The van der Waals surface area contributed by atoms with Crippen LogP contribution in [0.3, 0.4) is 0 Å². The van der Waals surface area contributed by atoms with Gasteiger partial charge in [-0.25, -0.2) is 4.79 Å². The molecule has 0 aliphatic heterocycles. The maximum atomic E-state index is 12.3. The highest BCUT2D eigenvalue weighted by Crippen LogP contribution is 2.14. The summed E-state index contributed by atoms with van der Waals surface area (Å²) in [7, 11) is 1.64. The first-order chi connectivity index (χ1) is 9.83. The van der Waals surface area contributed by atoms with Crippen LogP contribution in [0.15, 0.2) is 24.3 Å². The van der Waals surface area contributed by atoms with E-state index in [9.17, 15) is 9.59 Å². The molecule has 0 radical (unpaired) electrons. The standard InChI is InChI=1S/C16H18N2O3/c1-11-6-13(4-5-15(19)20)8-14(7-11)16(21)18(3)10-12(2)9-17/h4-8,12H,10H2,1-3H3,(H,19,20)/b5-4+. The smallest absolute Gasteiger partial charge is 0.328 e. The second-order valence-electron chi connectivity index (χ2n) is 5.02. The number of aryl methyl sites for hydroxylation is 1. The minimum atomic E-state index is -1.04. The fourth-order valence-corrected chi connectivity index (χ4v) is 1.95. The van der Waals surface area contributed by atoms with Crippen molar-refractivity contribution in [2.45, 2.75) is 13.8 Å². The normalized spacial score (nSPS) is 11.9. The van der Waals surface area contributed by atoms with Gasteiger partial charge in [0, 0.05) is 25.2 Å². The van der Waals surface area contributed by atoms with Crippen LogP contribution in [0.2, 0.25) is 0 Å². The number of carboxylic acid groups (broad SMARTS) is 1. The third kappa shape index (κ3) is 5.11. The molecule has 0 aliphatic rings. The maximum absolute atomic E-state index is 12.3. The summed E-state index contributed by atoms with van der Waals surface area (Å²) in [6.07, 6.45) is 2.48. The van der Waals surface area contributed by atoms with Crippen LogP contribution in [0.5, 0.6) is 0 Å². The zero-order chi connectivity index (χ0) is 16.0. The first-order valence-corrected chi connectivity index (χ1v) is 6.51. The number of benzene rings is 1. The molecule has 5 heteroatoms. The van der Waals surface area contributed by atoms with Crippen molar-refractivity contribution < 1.29 is 14.7 Å². The number of amides is 1. The van der Waals surface area contributed by atoms with Gasteiger partial charge < -0.3 is 10.0 Å². The number of hydrogen-bond acceptors (Lipinski definition) is 3. The molecule has 0 bridgehead atoms. The van der Waals surface area contributed by atoms with E-state index in [1.807, 2.05) is 6.92 Å². The van der Waals surface area contributed by atoms with E-state index < -0.39 is 5.97 Å². The maximum Gasteiger partial charge on any atom is 0.328 e. The molecule has 1 unspecified atom stereocenters. The van der Waals surface area contributed by atoms with Gasteiger partial charge in [0.25, 0.3) is 5.91 Å². The van der Waals surface area contributed by atoms with Gasteiger partial charge in [0.1, 0.15) is 0 Å². The molecule has 21 heavy (non-hydrogen) atoms. The Hall–Kier alpha value is -2.61. The van der Waals surface area contributed by atoms with Crippen LogP contribution < -0.4 is 0 Å². The molecular weight excluding hydrogens is 268 g/mol. The Morgan fingerprint density at radius 1 is 1.43 bits per heavy atom. The minimum Gasteiger partial charge on any atom is -0.478 e. The monoisotopic (exact) mass is 286 g/mol. The number of nitriles is 1. The molecule has 0 aliphatic carbocycles. The van der Waals surface area contributed by atoms with Gasteiger partial charge in [0.2, 0.25) is 0 Å². The summed E-state index contributed by atoms with van der Waals surface area (Å²) >= 11 is 0. The van der Waals surface area contributed by atoms with Gasteiger partial charge >= 0.3 is 5.97 Å². The zero-order valence-corrected chi connectivity index (χ0v) is 12.3. The van der Waals surface area contributed by atoms with Crippen molar-refractivity contribution in [3.63, 3.8) is 0 Å². The molecule has 1 rings (SSSR count). The highest BCUT2D eigenvalue weighted by atomic mass is 16.4. The molecule has 0 spiro atoms. The van der Waals surface area contributed by atoms with Crippen LogP contribution in [-0.2, 0) is 4.79 Å². The van der Waals surface area contributed by atoms with Crippen molar-refractivity contribution in [1.29, 1.82) is 5.26 Å². The van der Waals surface area contributed by atoms with Crippen molar-refractivity contribution in [3.8, 4) is 6.07 Å². The lowest BCUT2D eigenvalue weighted by molar-refractivity contribution is -0.131. The highest BCUT2D eigenvalue weighted by molar-refractivity contribution is 5.95. The van der Waals surface area contributed by atoms with Crippen molar-refractivity contribution in [2.24, 2.45) is 5.92 Å². The summed E-state index contributed by atoms with van der Waals surface area (Å²) in [4.78, 5) is 24.4. The van der Waals surface area contributed by atoms with Crippen molar-refractivity contribution in [1.82, 2.24) is 4.90 Å². The fourth-order valence-electron chi connectivity index (χ4n) is 1.95. The molecule has 5 nitrogen and oxygen atoms in total. The van der Waals surface area contributed by atoms with E-state index >= 15 is 0 Å². The van der Waals surface area contributed by atoms with Gasteiger partial charge in [0.05, 0.1) is 12.0 Å². The number of carboxylic acids is 1. The van der Waals surface area contributed by atoms with Crippen molar-refractivity contribution in [3.05, 3.63) is 41.0 Å². The SMILES string of the molecule is Cc1cc(/C=C/C(=O)O)cc(C(=O)N(C)CC(C)C#N)c1. The summed E-state index contributed by atoms with van der Waals surface area (Å²) < 4.78 is 0. The van der Waals surface area contributed by atoms with E-state index in [2.05, 4.69) is 6.07 Å². The van der Waals surface area contributed by atoms with Gasteiger partial charge in [-0.3, -0.25) is 4.79 Å². The number of nitrogens with zero attached hydrogens (tertiary/aromatic N) is 2. The summed E-state index contributed by atoms with van der Waals surface area (Å²) in [6, 6.07) is 7.27. The van der Waals surface area contributed by atoms with E-state index in [4.69, 9.17) is 10.4 Å². The van der Waals surface area contributed by atoms with Gasteiger partial charge in [-0.2, -0.15) is 5.26 Å². The van der Waals surface area contributed by atoms with E-state index in [-0.39, 0.29) is 11.8 Å². The molecule has 1 N–H and O–H groups in total. The molecule has 1 amide bonds. The molecule has 1 aromatic rings. The molecule has 1 atom stereocenters. The Morgan fingerprint density at radius 3 is 2.67 bits per heavy atom. The first kappa shape index (κ1) is 16.4. The second kappa shape index (κ2) is 7.25. The van der Waals surface area contributed by atoms with Crippen LogP contribution in [0.25, 0.3) is 6.08 Å². The summed E-state index contributed by atoms with van der Waals surface area (Å²) in [5.74, 6) is -1.47. The van der Waals surface area contributed by atoms with Crippen LogP contribution in [-0.4, -0.2) is 35.5 Å². The predicted octanol–water partition coefficient (Wildman–Crippen LogP) is 2.32. The third-order valence-electron chi connectivity index (χ3n) is 2.88. The van der Waals surface area contributed by atoms with Crippen LogP contribution >= 0.6 is 0 Å². The largest absolute Gasteiger partial charge is 0.478 e. The highest BCUT2D eigenvalue weighted by Gasteiger charge is 2.15. The number of carbonyl (C=O) groups excluding carboxylic acids is 1. The molecular formula is C16H18N2O3. The Kier molecular flexibility index (Phi) is 5.67. The first-order valence-electron chi connectivity index (χ1n) is 6.51. The van der Waals surface area contributed by atoms with Gasteiger partial charge in [-0.05, 0) is 43.2 Å². The molecule has 0 heterocycles. The molecule has 0 saturated carbocycles. The number of carbonyl (C=O) groups is 2. The van der Waals surface area contributed by atoms with Crippen LogP contribution in [0.1, 0.15) is 28.4 Å². The molecule has 0 saturated heterocycles. The number of hydrogen-bond donors (Lipinski definition) is 1. The Labute approximate surface area is 124 Å². The van der Waals surface area contributed by atoms with Crippen molar-refractivity contribution >= 4 is 18.0 Å². The molecule has 110 valence electrons. The summed E-state index contributed by atoms with van der Waals surface area (Å²) in [5, 5.41) is 17.4. The quantitative estimate of drug-likeness (QED) is 0.842. The Bertz CT molecular complexity index is 614. The van der Waals surface area contributed by atoms with E-state index in [1.165, 1.54) is 11.0 Å². The zero-order valence-electron chi connectivity index (χ0n) is 12.3. The lowest BCUT2D eigenvalue weighted by Crippen LogP contribution is -2.30. The third-order valence-corrected chi connectivity index (χ3v) is 2.88. The number of rotatable bonds is 5. The predicted molar refractivity (Wildman–Crippen MR) is 79.6 cm³/mol. The lowest BCUT2D eigenvalue weighted by Gasteiger charge is -2.18. The van der Waals surface area contributed by atoms with E-state index in [0.717, 1.165) is 11.6 Å². The van der Waals surface area contributed by atoms with E-state index in [0.29, 0.717) is 17.7 Å². The molecule has 0 fully saturated rings. The average molecular weight is 286 g/mol. The second-order valence-corrected chi connectivity index (χ2v) is 5.02. The Morgan fingerprint density at radius 2 is 2.10 bits per heavy atom. The van der Waals surface area contributed by atoms with Gasteiger partial charge in [0.15, 0.2) is 0 Å².